The third-order valence-corrected chi connectivity index (χ3v) is 9.03. The molecule has 0 saturated carbocycles. The van der Waals surface area contributed by atoms with Crippen LogP contribution in [0.15, 0.2) is 132 Å². The number of fused-ring (bicyclic) bond motifs is 6. The van der Waals surface area contributed by atoms with Gasteiger partial charge in [0.25, 0.3) is 0 Å². The van der Waals surface area contributed by atoms with Crippen molar-refractivity contribution in [2.24, 2.45) is 0 Å². The fourth-order valence-electron chi connectivity index (χ4n) is 5.73. The Bertz CT molecular complexity index is 2450. The highest BCUT2D eigenvalue weighted by molar-refractivity contribution is 7.26. The summed E-state index contributed by atoms with van der Waals surface area (Å²) in [6.45, 7) is 0. The van der Waals surface area contributed by atoms with Gasteiger partial charge in [-0.2, -0.15) is 0 Å². The molecule has 44 heavy (non-hydrogen) atoms. The van der Waals surface area contributed by atoms with Crippen LogP contribution >= 0.6 is 11.3 Å². The van der Waals surface area contributed by atoms with E-state index in [1.54, 1.807) is 17.7 Å². The van der Waals surface area contributed by atoms with Gasteiger partial charge in [0.05, 0.1) is 15.9 Å². The Morgan fingerprint density at radius 1 is 0.477 bits per heavy atom. The molecule has 0 aliphatic carbocycles. The minimum absolute atomic E-state index is 0.592. The monoisotopic (exact) mass is 583 g/mol. The van der Waals surface area contributed by atoms with E-state index in [1.165, 1.54) is 4.70 Å². The van der Waals surface area contributed by atoms with Crippen LogP contribution in [0, 0.1) is 0 Å². The van der Waals surface area contributed by atoms with Gasteiger partial charge in [0.1, 0.15) is 17.5 Å². The zero-order chi connectivity index (χ0) is 29.0. The second-order valence-electron chi connectivity index (χ2n) is 10.6. The molecule has 206 valence electrons. The minimum atomic E-state index is 0.592. The first-order valence-electron chi connectivity index (χ1n) is 14.2. The Morgan fingerprint density at radius 2 is 1.05 bits per heavy atom. The molecule has 0 amide bonds. The fourth-order valence-corrected chi connectivity index (χ4v) is 6.90. The Balaban J connectivity index is 1.17. The van der Waals surface area contributed by atoms with Gasteiger partial charge in [0, 0.05) is 43.1 Å². The number of hydrogen-bond donors (Lipinski definition) is 0. The molecule has 0 radical (unpaired) electrons. The van der Waals surface area contributed by atoms with Crippen LogP contribution in [0.5, 0.6) is 0 Å². The van der Waals surface area contributed by atoms with E-state index in [0.717, 1.165) is 65.5 Å². The third kappa shape index (κ3) is 4.06. The van der Waals surface area contributed by atoms with Crippen LogP contribution in [-0.2, 0) is 0 Å². The van der Waals surface area contributed by atoms with Gasteiger partial charge < -0.3 is 4.42 Å². The Hall–Kier alpha value is -5.79. The molecule has 0 spiro atoms. The van der Waals surface area contributed by atoms with Gasteiger partial charge in [-0.05, 0) is 30.3 Å². The van der Waals surface area contributed by atoms with Gasteiger partial charge in [-0.25, -0.2) is 24.9 Å². The molecule has 6 nitrogen and oxygen atoms in total. The van der Waals surface area contributed by atoms with E-state index < -0.39 is 0 Å². The van der Waals surface area contributed by atoms with Crippen LogP contribution in [0.3, 0.4) is 0 Å². The zero-order valence-corrected chi connectivity index (χ0v) is 24.0. The van der Waals surface area contributed by atoms with Gasteiger partial charge in [0.2, 0.25) is 0 Å². The van der Waals surface area contributed by atoms with Gasteiger partial charge >= 0.3 is 0 Å². The molecule has 0 N–H and O–H groups in total. The van der Waals surface area contributed by atoms with Gasteiger partial charge in [0.15, 0.2) is 17.5 Å². The van der Waals surface area contributed by atoms with Crippen LogP contribution < -0.4 is 0 Å². The summed E-state index contributed by atoms with van der Waals surface area (Å²) in [5.74, 6) is 1.84. The highest BCUT2D eigenvalue weighted by Gasteiger charge is 2.17. The van der Waals surface area contributed by atoms with Crippen molar-refractivity contribution in [1.82, 2.24) is 24.9 Å². The summed E-state index contributed by atoms with van der Waals surface area (Å²) in [6.07, 6.45) is 1.65. The van der Waals surface area contributed by atoms with Gasteiger partial charge in [-0.15, -0.1) is 11.3 Å². The van der Waals surface area contributed by atoms with E-state index in [0.29, 0.717) is 17.5 Å². The minimum Gasteiger partial charge on any atom is -0.456 e. The molecule has 0 atom stereocenters. The first-order valence-corrected chi connectivity index (χ1v) is 15.1. The Kier molecular flexibility index (Phi) is 5.57. The maximum absolute atomic E-state index is 6.47. The van der Waals surface area contributed by atoms with Crippen LogP contribution in [0.2, 0.25) is 0 Å². The Labute approximate surface area is 255 Å². The molecule has 4 aromatic heterocycles. The average Bonchev–Trinajstić information content (AvgIpc) is 3.66. The molecule has 0 bridgehead atoms. The van der Waals surface area contributed by atoms with Gasteiger partial charge in [-0.1, -0.05) is 91.0 Å². The molecule has 0 saturated heterocycles. The number of benzene rings is 5. The lowest BCUT2D eigenvalue weighted by atomic mass is 10.1. The molecule has 7 heteroatoms. The standard InChI is InChI=1S/C37H21N5OS/c1-3-9-22(10-4-1)35-40-36(23-11-5-2-6-12-23)42-37(41-35)25-16-18-27-26-17-15-24(19-29(26)43-30(27)20-25)32-34-33(39-21-38-32)28-13-7-8-14-31(28)44-34/h1-21H. The molecule has 0 aliphatic rings. The largest absolute Gasteiger partial charge is 0.456 e. The molecule has 5 aromatic carbocycles. The Morgan fingerprint density at radius 3 is 1.73 bits per heavy atom. The highest BCUT2D eigenvalue weighted by atomic mass is 32.1. The molecule has 4 heterocycles. The number of rotatable bonds is 4. The van der Waals surface area contributed by atoms with Crippen molar-refractivity contribution < 1.29 is 4.42 Å². The van der Waals surface area contributed by atoms with Crippen molar-refractivity contribution >= 4 is 53.6 Å². The van der Waals surface area contributed by atoms with Crippen molar-refractivity contribution in [2.45, 2.75) is 0 Å². The lowest BCUT2D eigenvalue weighted by molar-refractivity contribution is 0.669. The van der Waals surface area contributed by atoms with E-state index >= 15 is 0 Å². The molecule has 0 aliphatic heterocycles. The van der Waals surface area contributed by atoms with Crippen molar-refractivity contribution in [1.29, 1.82) is 0 Å². The second kappa shape index (κ2) is 9.90. The highest BCUT2D eigenvalue weighted by Crippen LogP contribution is 2.39. The summed E-state index contributed by atoms with van der Waals surface area (Å²) in [5, 5.41) is 3.23. The molecule has 9 rings (SSSR count). The van der Waals surface area contributed by atoms with Crippen LogP contribution in [-0.4, -0.2) is 24.9 Å². The van der Waals surface area contributed by atoms with Crippen molar-refractivity contribution in [3.05, 3.63) is 128 Å². The van der Waals surface area contributed by atoms with Crippen molar-refractivity contribution in [3.8, 4) is 45.4 Å². The normalized spacial score (nSPS) is 11.6. The third-order valence-electron chi connectivity index (χ3n) is 7.86. The summed E-state index contributed by atoms with van der Waals surface area (Å²) >= 11 is 1.72. The first kappa shape index (κ1) is 24.8. The predicted octanol–water partition coefficient (Wildman–Crippen LogP) is 9.60. The van der Waals surface area contributed by atoms with Crippen LogP contribution in [0.1, 0.15) is 0 Å². The van der Waals surface area contributed by atoms with E-state index in [9.17, 15) is 0 Å². The predicted molar refractivity (Wildman–Crippen MR) is 177 cm³/mol. The molecule has 0 fully saturated rings. The number of furan rings is 1. The number of aromatic nitrogens is 5. The fraction of sp³-hybridized carbons (Fsp3) is 0. The topological polar surface area (TPSA) is 77.6 Å². The van der Waals surface area contributed by atoms with Crippen molar-refractivity contribution in [3.63, 3.8) is 0 Å². The summed E-state index contributed by atoms with van der Waals surface area (Å²) in [5.41, 5.74) is 7.18. The second-order valence-corrected chi connectivity index (χ2v) is 11.6. The molecular formula is C37H21N5OS. The number of hydrogen-bond acceptors (Lipinski definition) is 7. The summed E-state index contributed by atoms with van der Waals surface area (Å²) in [7, 11) is 0. The lowest BCUT2D eigenvalue weighted by Crippen LogP contribution is -2.00. The number of nitrogens with zero attached hydrogens (tertiary/aromatic N) is 5. The van der Waals surface area contributed by atoms with E-state index in [4.69, 9.17) is 19.4 Å². The molecule has 9 aromatic rings. The average molecular weight is 584 g/mol. The summed E-state index contributed by atoms with van der Waals surface area (Å²) < 4.78 is 8.74. The smallest absolute Gasteiger partial charge is 0.164 e. The molecule has 0 unspecified atom stereocenters. The van der Waals surface area contributed by atoms with E-state index in [-0.39, 0.29) is 0 Å². The first-order chi connectivity index (χ1) is 21.8. The van der Waals surface area contributed by atoms with Crippen LogP contribution in [0.25, 0.3) is 87.7 Å². The van der Waals surface area contributed by atoms with E-state index in [1.807, 2.05) is 72.8 Å². The summed E-state index contributed by atoms with van der Waals surface area (Å²) in [6, 6.07) is 40.8. The lowest BCUT2D eigenvalue weighted by Gasteiger charge is -2.08. The maximum Gasteiger partial charge on any atom is 0.164 e. The maximum atomic E-state index is 6.47. The summed E-state index contributed by atoms with van der Waals surface area (Å²) in [4.78, 5) is 23.9. The quantitative estimate of drug-likeness (QED) is 0.205. The van der Waals surface area contributed by atoms with Crippen molar-refractivity contribution in [2.75, 3.05) is 0 Å². The number of thiophene rings is 1. The van der Waals surface area contributed by atoms with Crippen LogP contribution in [0.4, 0.5) is 0 Å². The molecular weight excluding hydrogens is 563 g/mol. The zero-order valence-electron chi connectivity index (χ0n) is 23.2. The SMILES string of the molecule is c1ccc(-c2nc(-c3ccccc3)nc(-c3ccc4c(c3)oc3cc(-c5ncnc6c5sc5ccccc56)ccc34)n2)cc1. The van der Waals surface area contributed by atoms with Gasteiger partial charge in [-0.3, -0.25) is 0 Å². The van der Waals surface area contributed by atoms with E-state index in [2.05, 4.69) is 58.5 Å².